The first-order valence-corrected chi connectivity index (χ1v) is 7.87. The van der Waals surface area contributed by atoms with Crippen LogP contribution in [0.2, 0.25) is 0 Å². The highest BCUT2D eigenvalue weighted by Gasteiger charge is 2.17. The summed E-state index contributed by atoms with van der Waals surface area (Å²) in [4.78, 5) is 12.5. The predicted octanol–water partition coefficient (Wildman–Crippen LogP) is 4.39. The van der Waals surface area contributed by atoms with Gasteiger partial charge in [0.05, 0.1) is 12.5 Å². The van der Waals surface area contributed by atoms with Crippen molar-refractivity contribution in [1.82, 2.24) is 0 Å². The fourth-order valence-electron chi connectivity index (χ4n) is 2.63. The molecule has 4 nitrogen and oxygen atoms in total. The molecule has 0 saturated heterocycles. The van der Waals surface area contributed by atoms with E-state index in [4.69, 9.17) is 9.15 Å². The summed E-state index contributed by atoms with van der Waals surface area (Å²) in [6.07, 6.45) is 0. The van der Waals surface area contributed by atoms with Gasteiger partial charge in [-0.1, -0.05) is 0 Å². The Morgan fingerprint density at radius 2 is 1.83 bits per heavy atom. The number of aromatic hydroxyl groups is 1. The molecule has 0 aliphatic rings. The maximum atomic E-state index is 12.5. The largest absolute Gasteiger partial charge is 0.502 e. The second-order valence-electron chi connectivity index (χ2n) is 5.11. The van der Waals surface area contributed by atoms with Gasteiger partial charge in [0.1, 0.15) is 11.3 Å². The normalized spacial score (nSPS) is 11.2. The van der Waals surface area contributed by atoms with Crippen LogP contribution in [0.4, 0.5) is 0 Å². The quantitative estimate of drug-likeness (QED) is 0.594. The first-order chi connectivity index (χ1) is 11.2. The van der Waals surface area contributed by atoms with Crippen molar-refractivity contribution in [1.29, 1.82) is 0 Å². The molecule has 0 unspecified atom stereocenters. The van der Waals surface area contributed by atoms with Crippen molar-refractivity contribution in [3.8, 4) is 22.8 Å². The molecule has 1 N–H and O–H groups in total. The van der Waals surface area contributed by atoms with Crippen LogP contribution in [0.1, 0.15) is 0 Å². The van der Waals surface area contributed by atoms with Crippen LogP contribution in [-0.2, 0) is 0 Å². The molecule has 0 saturated carbocycles. The summed E-state index contributed by atoms with van der Waals surface area (Å²) in [6.45, 7) is 0. The molecule has 5 heteroatoms. The SMILES string of the molecule is COc1ccc(-c2oc3c(ccc4sccc43)c(=O)c2O)cc1. The van der Waals surface area contributed by atoms with Gasteiger partial charge in [0.25, 0.3) is 0 Å². The van der Waals surface area contributed by atoms with E-state index < -0.39 is 5.43 Å². The highest BCUT2D eigenvalue weighted by Crippen LogP contribution is 2.35. The van der Waals surface area contributed by atoms with Gasteiger partial charge in [0.15, 0.2) is 5.76 Å². The molecule has 2 aromatic heterocycles. The van der Waals surface area contributed by atoms with Gasteiger partial charge >= 0.3 is 0 Å². The van der Waals surface area contributed by atoms with E-state index in [-0.39, 0.29) is 11.5 Å². The minimum Gasteiger partial charge on any atom is -0.502 e. The van der Waals surface area contributed by atoms with E-state index in [0.717, 1.165) is 10.1 Å². The fourth-order valence-corrected chi connectivity index (χ4v) is 3.41. The predicted molar refractivity (Wildman–Crippen MR) is 91.5 cm³/mol. The third-order valence-electron chi connectivity index (χ3n) is 3.82. The van der Waals surface area contributed by atoms with Gasteiger partial charge in [-0.3, -0.25) is 4.79 Å². The standard InChI is InChI=1S/C18H12O4S/c1-21-11-4-2-10(3-5-11)17-16(20)15(19)13-6-7-14-12(8-9-23-14)18(13)22-17/h2-9,20H,1H3. The average Bonchev–Trinajstić information content (AvgIpc) is 3.07. The lowest BCUT2D eigenvalue weighted by atomic mass is 10.1. The Kier molecular flexibility index (Phi) is 3.09. The molecule has 0 aliphatic carbocycles. The molecule has 0 atom stereocenters. The Balaban J connectivity index is 2.05. The second kappa shape index (κ2) is 5.14. The Bertz CT molecular complexity index is 1070. The van der Waals surface area contributed by atoms with Crippen molar-refractivity contribution < 1.29 is 14.3 Å². The Morgan fingerprint density at radius 3 is 2.57 bits per heavy atom. The molecular formula is C18H12O4S. The summed E-state index contributed by atoms with van der Waals surface area (Å²) >= 11 is 1.58. The summed E-state index contributed by atoms with van der Waals surface area (Å²) in [5, 5.41) is 13.5. The molecule has 0 spiro atoms. The molecule has 0 bridgehead atoms. The lowest BCUT2D eigenvalue weighted by Crippen LogP contribution is -2.02. The highest BCUT2D eigenvalue weighted by atomic mass is 32.1. The van der Waals surface area contributed by atoms with Crippen LogP contribution in [0, 0.1) is 0 Å². The maximum Gasteiger partial charge on any atom is 0.235 e. The molecule has 0 amide bonds. The zero-order valence-corrected chi connectivity index (χ0v) is 13.0. The van der Waals surface area contributed by atoms with Crippen molar-refractivity contribution >= 4 is 32.4 Å². The monoisotopic (exact) mass is 324 g/mol. The van der Waals surface area contributed by atoms with Gasteiger partial charge in [-0.15, -0.1) is 11.3 Å². The molecule has 0 radical (unpaired) electrons. The first-order valence-electron chi connectivity index (χ1n) is 6.99. The minimum absolute atomic E-state index is 0.170. The topological polar surface area (TPSA) is 59.7 Å². The smallest absolute Gasteiger partial charge is 0.235 e. The third kappa shape index (κ3) is 2.09. The third-order valence-corrected chi connectivity index (χ3v) is 4.70. The summed E-state index contributed by atoms with van der Waals surface area (Å²) in [5.41, 5.74) is 0.692. The van der Waals surface area contributed by atoms with Crippen LogP contribution >= 0.6 is 11.3 Å². The molecule has 2 aromatic carbocycles. The lowest BCUT2D eigenvalue weighted by Gasteiger charge is -2.07. The van der Waals surface area contributed by atoms with Crippen LogP contribution in [0.3, 0.4) is 0 Å². The Morgan fingerprint density at radius 1 is 1.04 bits per heavy atom. The van der Waals surface area contributed by atoms with Crippen molar-refractivity contribution in [2.24, 2.45) is 0 Å². The van der Waals surface area contributed by atoms with Gasteiger partial charge in [-0.05, 0) is 47.8 Å². The number of hydrogen-bond acceptors (Lipinski definition) is 5. The average molecular weight is 324 g/mol. The van der Waals surface area contributed by atoms with E-state index in [0.29, 0.717) is 22.3 Å². The number of thiophene rings is 1. The van der Waals surface area contributed by atoms with E-state index >= 15 is 0 Å². The minimum atomic E-state index is -0.426. The summed E-state index contributed by atoms with van der Waals surface area (Å²) < 4.78 is 12.1. The number of hydrogen-bond donors (Lipinski definition) is 1. The van der Waals surface area contributed by atoms with Crippen molar-refractivity contribution in [2.75, 3.05) is 7.11 Å². The second-order valence-corrected chi connectivity index (χ2v) is 6.06. The van der Waals surface area contributed by atoms with Gasteiger partial charge in [-0.25, -0.2) is 0 Å². The van der Waals surface area contributed by atoms with Gasteiger partial charge in [-0.2, -0.15) is 0 Å². The number of ether oxygens (including phenoxy) is 1. The zero-order valence-electron chi connectivity index (χ0n) is 12.2. The Labute approximate surface area is 135 Å². The maximum absolute atomic E-state index is 12.5. The van der Waals surface area contributed by atoms with E-state index in [1.165, 1.54) is 0 Å². The van der Waals surface area contributed by atoms with Crippen molar-refractivity contribution in [3.05, 3.63) is 58.1 Å². The molecule has 114 valence electrons. The number of benzene rings is 2. The van der Waals surface area contributed by atoms with Gasteiger partial charge in [0, 0.05) is 15.6 Å². The van der Waals surface area contributed by atoms with Gasteiger partial charge in [0.2, 0.25) is 11.2 Å². The lowest BCUT2D eigenvalue weighted by molar-refractivity contribution is 0.414. The van der Waals surface area contributed by atoms with E-state index in [2.05, 4.69) is 0 Å². The van der Waals surface area contributed by atoms with Crippen LogP contribution in [0.5, 0.6) is 11.5 Å². The molecule has 0 fully saturated rings. The van der Waals surface area contributed by atoms with E-state index in [9.17, 15) is 9.90 Å². The van der Waals surface area contributed by atoms with Crippen LogP contribution < -0.4 is 10.2 Å². The van der Waals surface area contributed by atoms with Crippen LogP contribution in [-0.4, -0.2) is 12.2 Å². The number of fused-ring (bicyclic) bond motifs is 3. The zero-order chi connectivity index (χ0) is 16.0. The summed E-state index contributed by atoms with van der Waals surface area (Å²) in [7, 11) is 1.58. The highest BCUT2D eigenvalue weighted by molar-refractivity contribution is 7.17. The van der Waals surface area contributed by atoms with Crippen LogP contribution in [0.25, 0.3) is 32.4 Å². The first kappa shape index (κ1) is 13.8. The number of rotatable bonds is 2. The van der Waals surface area contributed by atoms with Crippen LogP contribution in [0.15, 0.2) is 57.1 Å². The summed E-state index contributed by atoms with van der Waals surface area (Å²) in [5.74, 6) is 0.484. The summed E-state index contributed by atoms with van der Waals surface area (Å²) in [6, 6.07) is 12.5. The fraction of sp³-hybridized carbons (Fsp3) is 0.0556. The Hall–Kier alpha value is -2.79. The molecule has 4 rings (SSSR count). The molecule has 4 aromatic rings. The van der Waals surface area contributed by atoms with Gasteiger partial charge < -0.3 is 14.3 Å². The molecule has 23 heavy (non-hydrogen) atoms. The molecule has 2 heterocycles. The number of methoxy groups -OCH3 is 1. The molecule has 0 aliphatic heterocycles. The van der Waals surface area contributed by atoms with E-state index in [1.807, 2.05) is 17.5 Å². The van der Waals surface area contributed by atoms with Crippen molar-refractivity contribution in [3.63, 3.8) is 0 Å². The molecular weight excluding hydrogens is 312 g/mol. The van der Waals surface area contributed by atoms with Crippen molar-refractivity contribution in [2.45, 2.75) is 0 Å². The van der Waals surface area contributed by atoms with E-state index in [1.54, 1.807) is 48.8 Å².